The van der Waals surface area contributed by atoms with Crippen LogP contribution < -0.4 is 4.31 Å². The number of nitrogens with one attached hydrogen (secondary N) is 1. The molecule has 11 nitrogen and oxygen atoms in total. The zero-order valence-corrected chi connectivity index (χ0v) is 27.9. The first-order chi connectivity index (χ1) is 21.7. The van der Waals surface area contributed by atoms with Gasteiger partial charge in [-0.3, -0.25) is 9.21 Å². The van der Waals surface area contributed by atoms with Crippen LogP contribution in [-0.4, -0.2) is 91.7 Å². The summed E-state index contributed by atoms with van der Waals surface area (Å²) in [5, 5.41) is 10.7. The number of aliphatic carboxylic acids is 1. The average Bonchev–Trinajstić information content (AvgIpc) is 3.38. The molecule has 250 valence electrons. The Balaban J connectivity index is 0.000000537. The first-order valence-electron chi connectivity index (χ1n) is 14.3. The molecule has 2 aliphatic rings. The largest absolute Gasteiger partial charge is 0.490 e. The second-order valence-electron chi connectivity index (χ2n) is 10.8. The van der Waals surface area contributed by atoms with Gasteiger partial charge in [-0.15, -0.1) is 22.7 Å². The third kappa shape index (κ3) is 7.91. The van der Waals surface area contributed by atoms with Crippen LogP contribution in [0.2, 0.25) is 0 Å². The summed E-state index contributed by atoms with van der Waals surface area (Å²) in [7, 11) is -6.81. The van der Waals surface area contributed by atoms with Crippen molar-refractivity contribution in [1.29, 1.82) is 0 Å². The molecule has 0 radical (unpaired) electrons. The van der Waals surface area contributed by atoms with E-state index in [-0.39, 0.29) is 5.75 Å². The van der Waals surface area contributed by atoms with E-state index in [2.05, 4.69) is 14.9 Å². The summed E-state index contributed by atoms with van der Waals surface area (Å²) in [6.45, 7) is 5.28. The molecule has 1 saturated carbocycles. The van der Waals surface area contributed by atoms with Crippen LogP contribution in [0.4, 0.5) is 18.9 Å². The van der Waals surface area contributed by atoms with Gasteiger partial charge in [-0.1, -0.05) is 18.2 Å². The van der Waals surface area contributed by atoms with Gasteiger partial charge in [0.1, 0.15) is 9.22 Å². The van der Waals surface area contributed by atoms with Gasteiger partial charge in [0.15, 0.2) is 0 Å². The Morgan fingerprint density at radius 2 is 1.80 bits per heavy atom. The van der Waals surface area contributed by atoms with Crippen LogP contribution in [0.3, 0.4) is 0 Å². The van der Waals surface area contributed by atoms with Crippen molar-refractivity contribution in [1.82, 2.24) is 19.2 Å². The maximum absolute atomic E-state index is 13.6. The third-order valence-corrected chi connectivity index (χ3v) is 13.6. The fourth-order valence-corrected chi connectivity index (χ4v) is 9.59. The monoisotopic (exact) mass is 719 g/mol. The third-order valence-electron chi connectivity index (χ3n) is 7.56. The Morgan fingerprint density at radius 3 is 2.39 bits per heavy atom. The number of halogens is 3. The number of sulfonamides is 2. The maximum Gasteiger partial charge on any atom is 0.490 e. The Bertz CT molecular complexity index is 1880. The molecule has 0 atom stereocenters. The number of carboxylic acids is 1. The van der Waals surface area contributed by atoms with Crippen LogP contribution in [-0.2, 0) is 31.4 Å². The van der Waals surface area contributed by atoms with Crippen molar-refractivity contribution < 1.29 is 39.9 Å². The number of thiazole rings is 1. The van der Waals surface area contributed by atoms with E-state index in [9.17, 15) is 30.0 Å². The van der Waals surface area contributed by atoms with Crippen molar-refractivity contribution in [3.63, 3.8) is 0 Å². The molecule has 4 heterocycles. The molecule has 3 aromatic heterocycles. The van der Waals surface area contributed by atoms with E-state index in [1.165, 1.54) is 11.3 Å². The number of benzene rings is 1. The van der Waals surface area contributed by atoms with Crippen LogP contribution in [0, 0.1) is 5.92 Å². The molecule has 2 N–H and O–H groups in total. The first kappa shape index (κ1) is 34.3. The second-order valence-corrected chi connectivity index (χ2v) is 17.3. The highest BCUT2D eigenvalue weighted by molar-refractivity contribution is 7.94. The lowest BCUT2D eigenvalue weighted by Gasteiger charge is -2.33. The molecule has 6 rings (SSSR count). The lowest BCUT2D eigenvalue weighted by molar-refractivity contribution is -0.192. The lowest BCUT2D eigenvalue weighted by Crippen LogP contribution is -2.48. The van der Waals surface area contributed by atoms with E-state index >= 15 is 0 Å². The van der Waals surface area contributed by atoms with Crippen molar-refractivity contribution >= 4 is 65.3 Å². The Hall–Kier alpha value is -3.03. The SMILES string of the molecule is CCS(=O)(=O)N1CCN(Cc2cnc(-c3cc4cccc(N(CC5CC5)S(=O)(=O)c5cccs5)c4[nH]3)s2)CC1.O=C(O)C(F)(F)F. The van der Waals surface area contributed by atoms with Gasteiger partial charge in [0.2, 0.25) is 10.0 Å². The highest BCUT2D eigenvalue weighted by atomic mass is 32.2. The van der Waals surface area contributed by atoms with Crippen LogP contribution in [0.25, 0.3) is 21.6 Å². The fraction of sp³-hybridized carbons (Fsp3) is 0.429. The molecule has 1 saturated heterocycles. The Kier molecular flexibility index (Phi) is 10.1. The topological polar surface area (TPSA) is 144 Å². The Morgan fingerprint density at radius 1 is 1.11 bits per heavy atom. The van der Waals surface area contributed by atoms with E-state index in [4.69, 9.17) is 9.90 Å². The molecular formula is C28H32F3N5O6S4. The van der Waals surface area contributed by atoms with Crippen LogP contribution in [0.15, 0.2) is 52.2 Å². The summed E-state index contributed by atoms with van der Waals surface area (Å²) in [6.07, 6.45) is -1.11. The predicted octanol–water partition coefficient (Wildman–Crippen LogP) is 5.06. The minimum absolute atomic E-state index is 0.135. The summed E-state index contributed by atoms with van der Waals surface area (Å²) in [5.74, 6) is -2.24. The number of fused-ring (bicyclic) bond motifs is 1. The number of alkyl halides is 3. The second kappa shape index (κ2) is 13.6. The number of H-pyrrole nitrogens is 1. The van der Waals surface area contributed by atoms with E-state index < -0.39 is 32.2 Å². The Labute approximate surface area is 272 Å². The maximum atomic E-state index is 13.6. The molecule has 1 aromatic carbocycles. The van der Waals surface area contributed by atoms with Crippen molar-refractivity contribution in [3.05, 3.63) is 52.9 Å². The van der Waals surface area contributed by atoms with E-state index in [1.807, 2.05) is 30.5 Å². The van der Waals surface area contributed by atoms with Gasteiger partial charge in [-0.2, -0.15) is 17.5 Å². The van der Waals surface area contributed by atoms with Gasteiger partial charge < -0.3 is 10.1 Å². The van der Waals surface area contributed by atoms with E-state index in [1.54, 1.807) is 44.4 Å². The minimum Gasteiger partial charge on any atom is -0.475 e. The molecule has 0 bridgehead atoms. The lowest BCUT2D eigenvalue weighted by atomic mass is 10.2. The number of piperazine rings is 1. The smallest absolute Gasteiger partial charge is 0.475 e. The van der Waals surface area contributed by atoms with E-state index in [0.29, 0.717) is 48.5 Å². The van der Waals surface area contributed by atoms with Crippen LogP contribution in [0.1, 0.15) is 24.6 Å². The number of aromatic amines is 1. The summed E-state index contributed by atoms with van der Waals surface area (Å²) in [5.41, 5.74) is 2.31. The molecule has 18 heteroatoms. The molecule has 0 amide bonds. The van der Waals surface area contributed by atoms with Crippen LogP contribution in [0.5, 0.6) is 0 Å². The quantitative estimate of drug-likeness (QED) is 0.232. The molecule has 1 aliphatic heterocycles. The first-order valence-corrected chi connectivity index (χ1v) is 19.1. The molecule has 0 unspecified atom stereocenters. The summed E-state index contributed by atoms with van der Waals surface area (Å²) in [4.78, 5) is 20.4. The zero-order chi connectivity index (χ0) is 33.3. The molecule has 2 fully saturated rings. The van der Waals surface area contributed by atoms with Crippen molar-refractivity contribution in [2.24, 2.45) is 5.92 Å². The summed E-state index contributed by atoms with van der Waals surface area (Å²) >= 11 is 2.84. The standard InChI is InChI=1S/C26H31N5O4S4.C2HF3O2/c1-2-38(32,33)30-12-10-29(11-13-30)18-21-16-27-26(37-21)22-15-20-5-3-6-23(25(20)28-22)31(17-19-8-9-19)39(34,35)24-7-4-14-36-24;3-2(4,5)1(6)7/h3-7,14-16,19,28H,2,8-13,17-18H2,1H3;(H,6,7). The minimum atomic E-state index is -5.08. The average molecular weight is 720 g/mol. The number of aromatic nitrogens is 2. The predicted molar refractivity (Wildman–Crippen MR) is 171 cm³/mol. The summed E-state index contributed by atoms with van der Waals surface area (Å²) in [6, 6.07) is 11.2. The fourth-order valence-electron chi connectivity index (χ4n) is 4.92. The van der Waals surface area contributed by atoms with Gasteiger partial charge in [0.25, 0.3) is 10.0 Å². The number of thiophene rings is 1. The van der Waals surface area contributed by atoms with Gasteiger partial charge in [0, 0.05) is 55.7 Å². The number of carbonyl (C=O) groups is 1. The van der Waals surface area contributed by atoms with E-state index in [0.717, 1.165) is 45.9 Å². The molecule has 4 aromatic rings. The normalized spacial score (nSPS) is 16.7. The van der Waals surface area contributed by atoms with Crippen molar-refractivity contribution in [2.75, 3.05) is 42.8 Å². The number of hydrogen-bond donors (Lipinski definition) is 2. The summed E-state index contributed by atoms with van der Waals surface area (Å²) < 4.78 is 86.8. The number of para-hydroxylation sites is 1. The van der Waals surface area contributed by atoms with Gasteiger partial charge in [-0.05, 0) is 49.3 Å². The molecular weight excluding hydrogens is 688 g/mol. The van der Waals surface area contributed by atoms with Gasteiger partial charge in [0.05, 0.1) is 22.7 Å². The number of carboxylic acid groups (broad SMARTS) is 1. The molecule has 1 aliphatic carbocycles. The van der Waals surface area contributed by atoms with Gasteiger partial charge in [-0.25, -0.2) is 26.6 Å². The molecule has 46 heavy (non-hydrogen) atoms. The van der Waals surface area contributed by atoms with Gasteiger partial charge >= 0.3 is 12.1 Å². The number of hydrogen-bond acceptors (Lipinski definition) is 9. The van der Waals surface area contributed by atoms with Crippen molar-refractivity contribution in [3.8, 4) is 10.7 Å². The van der Waals surface area contributed by atoms with Crippen LogP contribution >= 0.6 is 22.7 Å². The highest BCUT2D eigenvalue weighted by Crippen LogP contribution is 2.39. The zero-order valence-electron chi connectivity index (χ0n) is 24.6. The highest BCUT2D eigenvalue weighted by Gasteiger charge is 2.38. The number of nitrogens with zero attached hydrogens (tertiary/aromatic N) is 4. The molecule has 0 spiro atoms. The number of anilines is 1. The number of rotatable bonds is 10. The van der Waals surface area contributed by atoms with Crippen molar-refractivity contribution in [2.45, 2.75) is 36.7 Å².